The van der Waals surface area contributed by atoms with Gasteiger partial charge in [0, 0.05) is 37.9 Å². The number of benzene rings is 2. The van der Waals surface area contributed by atoms with E-state index in [1.807, 2.05) is 41.0 Å². The molecule has 0 aromatic heterocycles. The predicted molar refractivity (Wildman–Crippen MR) is 115 cm³/mol. The van der Waals surface area contributed by atoms with Crippen LogP contribution in [0.1, 0.15) is 11.1 Å². The van der Waals surface area contributed by atoms with E-state index in [1.165, 1.54) is 18.2 Å². The molecule has 1 saturated heterocycles. The first-order valence-electron chi connectivity index (χ1n) is 9.61. The maximum Gasteiger partial charge on any atom is 0.289 e. The van der Waals surface area contributed by atoms with E-state index >= 15 is 0 Å². The SMILES string of the molecule is Cc1ccc(CC(=O)N2CCN(CC(=O)Nc3ccc(Cl)c([N+](=O)[O-])c3)CC2)cc1. The number of piperazine rings is 1. The molecule has 9 heteroatoms. The van der Waals surface area contributed by atoms with Crippen molar-refractivity contribution in [3.63, 3.8) is 0 Å². The Morgan fingerprint density at radius 2 is 1.77 bits per heavy atom. The van der Waals surface area contributed by atoms with Gasteiger partial charge in [-0.2, -0.15) is 0 Å². The number of nitrogens with one attached hydrogen (secondary N) is 1. The Kier molecular flexibility index (Phi) is 7.02. The second kappa shape index (κ2) is 9.69. The number of nitro benzene ring substituents is 1. The third-order valence-electron chi connectivity index (χ3n) is 4.99. The van der Waals surface area contributed by atoms with Crippen LogP contribution in [0, 0.1) is 17.0 Å². The Bertz CT molecular complexity index is 941. The number of nitro groups is 1. The summed E-state index contributed by atoms with van der Waals surface area (Å²) in [7, 11) is 0. The average molecular weight is 431 g/mol. The van der Waals surface area contributed by atoms with Crippen molar-refractivity contribution in [2.24, 2.45) is 0 Å². The molecule has 2 aromatic carbocycles. The van der Waals surface area contributed by atoms with Crippen LogP contribution >= 0.6 is 11.6 Å². The summed E-state index contributed by atoms with van der Waals surface area (Å²) in [5, 5.41) is 13.6. The van der Waals surface area contributed by atoms with Gasteiger partial charge in [-0.25, -0.2) is 0 Å². The highest BCUT2D eigenvalue weighted by atomic mass is 35.5. The van der Waals surface area contributed by atoms with Crippen molar-refractivity contribution in [1.29, 1.82) is 0 Å². The normalized spacial score (nSPS) is 14.4. The number of rotatable bonds is 6. The van der Waals surface area contributed by atoms with Gasteiger partial charge in [0.2, 0.25) is 11.8 Å². The maximum absolute atomic E-state index is 12.5. The molecule has 0 spiro atoms. The first-order valence-corrected chi connectivity index (χ1v) is 9.99. The van der Waals surface area contributed by atoms with Gasteiger partial charge in [-0.15, -0.1) is 0 Å². The molecule has 0 aliphatic carbocycles. The standard InChI is InChI=1S/C21H23ClN4O4/c1-15-2-4-16(5-3-15)12-21(28)25-10-8-24(9-11-25)14-20(27)23-17-6-7-18(22)19(13-17)26(29)30/h2-7,13H,8-12,14H2,1H3,(H,23,27). The van der Waals surface area contributed by atoms with Crippen LogP contribution in [0.25, 0.3) is 0 Å². The van der Waals surface area contributed by atoms with Crippen LogP contribution in [0.15, 0.2) is 42.5 Å². The molecule has 1 heterocycles. The molecule has 0 saturated carbocycles. The molecular weight excluding hydrogens is 408 g/mol. The zero-order chi connectivity index (χ0) is 21.7. The van der Waals surface area contributed by atoms with E-state index in [-0.39, 0.29) is 29.1 Å². The van der Waals surface area contributed by atoms with E-state index in [4.69, 9.17) is 11.6 Å². The molecule has 158 valence electrons. The third-order valence-corrected chi connectivity index (χ3v) is 5.31. The average Bonchev–Trinajstić information content (AvgIpc) is 2.71. The highest BCUT2D eigenvalue weighted by molar-refractivity contribution is 6.32. The second-order valence-corrected chi connectivity index (χ2v) is 7.70. The number of carbonyl (C=O) groups is 2. The molecule has 1 fully saturated rings. The molecule has 1 N–H and O–H groups in total. The first kappa shape index (κ1) is 21.7. The van der Waals surface area contributed by atoms with Crippen molar-refractivity contribution in [3.8, 4) is 0 Å². The lowest BCUT2D eigenvalue weighted by Crippen LogP contribution is -2.50. The molecule has 2 amide bonds. The minimum atomic E-state index is -0.592. The van der Waals surface area contributed by atoms with Gasteiger partial charge in [0.1, 0.15) is 5.02 Å². The fraction of sp³-hybridized carbons (Fsp3) is 0.333. The molecule has 0 bridgehead atoms. The summed E-state index contributed by atoms with van der Waals surface area (Å²) in [6.45, 7) is 4.46. The summed E-state index contributed by atoms with van der Waals surface area (Å²) in [4.78, 5) is 38.9. The lowest BCUT2D eigenvalue weighted by Gasteiger charge is -2.34. The van der Waals surface area contributed by atoms with Gasteiger partial charge >= 0.3 is 0 Å². The summed E-state index contributed by atoms with van der Waals surface area (Å²) < 4.78 is 0. The Morgan fingerprint density at radius 1 is 1.10 bits per heavy atom. The van der Waals surface area contributed by atoms with Crippen molar-refractivity contribution in [3.05, 3.63) is 68.7 Å². The number of aryl methyl sites for hydroxylation is 1. The largest absolute Gasteiger partial charge is 0.340 e. The number of hydrogen-bond acceptors (Lipinski definition) is 5. The summed E-state index contributed by atoms with van der Waals surface area (Å²) >= 11 is 5.79. The predicted octanol–water partition coefficient (Wildman–Crippen LogP) is 2.88. The topological polar surface area (TPSA) is 95.8 Å². The maximum atomic E-state index is 12.5. The lowest BCUT2D eigenvalue weighted by atomic mass is 10.1. The van der Waals surface area contributed by atoms with Gasteiger partial charge in [-0.05, 0) is 24.6 Å². The molecule has 30 heavy (non-hydrogen) atoms. The van der Waals surface area contributed by atoms with Crippen molar-refractivity contribution in [1.82, 2.24) is 9.80 Å². The number of amides is 2. The fourth-order valence-corrected chi connectivity index (χ4v) is 3.47. The van der Waals surface area contributed by atoms with E-state index in [1.54, 1.807) is 0 Å². The van der Waals surface area contributed by atoms with Crippen LogP contribution in [0.4, 0.5) is 11.4 Å². The number of anilines is 1. The highest BCUT2D eigenvalue weighted by Crippen LogP contribution is 2.27. The van der Waals surface area contributed by atoms with Crippen LogP contribution < -0.4 is 5.32 Å². The summed E-state index contributed by atoms with van der Waals surface area (Å²) in [5.41, 5.74) is 2.22. The van der Waals surface area contributed by atoms with Gasteiger partial charge < -0.3 is 10.2 Å². The monoisotopic (exact) mass is 430 g/mol. The number of hydrogen-bond donors (Lipinski definition) is 1. The highest BCUT2D eigenvalue weighted by Gasteiger charge is 2.23. The van der Waals surface area contributed by atoms with Gasteiger partial charge in [-0.3, -0.25) is 24.6 Å². The Hall–Kier alpha value is -2.97. The fourth-order valence-electron chi connectivity index (χ4n) is 3.28. The smallest absolute Gasteiger partial charge is 0.289 e. The zero-order valence-corrected chi connectivity index (χ0v) is 17.4. The van der Waals surface area contributed by atoms with Gasteiger partial charge in [-0.1, -0.05) is 41.4 Å². The first-order chi connectivity index (χ1) is 14.3. The number of halogens is 1. The van der Waals surface area contributed by atoms with Crippen molar-refractivity contribution in [2.45, 2.75) is 13.3 Å². The molecule has 1 aliphatic rings. The minimum Gasteiger partial charge on any atom is -0.340 e. The summed E-state index contributed by atoms with van der Waals surface area (Å²) in [6.07, 6.45) is 0.371. The van der Waals surface area contributed by atoms with Crippen LogP contribution in [-0.2, 0) is 16.0 Å². The van der Waals surface area contributed by atoms with E-state index < -0.39 is 4.92 Å². The molecule has 0 unspecified atom stereocenters. The van der Waals surface area contributed by atoms with Gasteiger partial charge in [0.15, 0.2) is 0 Å². The molecule has 8 nitrogen and oxygen atoms in total. The Morgan fingerprint density at radius 3 is 2.40 bits per heavy atom. The number of carbonyl (C=O) groups excluding carboxylic acids is 2. The number of nitrogens with zero attached hydrogens (tertiary/aromatic N) is 3. The molecule has 0 atom stereocenters. The van der Waals surface area contributed by atoms with E-state index in [9.17, 15) is 19.7 Å². The zero-order valence-electron chi connectivity index (χ0n) is 16.6. The van der Waals surface area contributed by atoms with E-state index in [2.05, 4.69) is 5.32 Å². The molecule has 2 aromatic rings. The van der Waals surface area contributed by atoms with Crippen LogP contribution in [0.2, 0.25) is 5.02 Å². The van der Waals surface area contributed by atoms with E-state index in [0.29, 0.717) is 38.3 Å². The van der Waals surface area contributed by atoms with Crippen molar-refractivity contribution in [2.75, 3.05) is 38.0 Å². The molecule has 3 rings (SSSR count). The van der Waals surface area contributed by atoms with Crippen LogP contribution in [-0.4, -0.2) is 59.3 Å². The minimum absolute atomic E-state index is 0.0180. The van der Waals surface area contributed by atoms with Crippen molar-refractivity contribution < 1.29 is 14.5 Å². The van der Waals surface area contributed by atoms with Gasteiger partial charge in [0.25, 0.3) is 5.69 Å². The second-order valence-electron chi connectivity index (χ2n) is 7.29. The molecular formula is C21H23ClN4O4. The van der Waals surface area contributed by atoms with Crippen LogP contribution in [0.3, 0.4) is 0 Å². The Balaban J connectivity index is 1.46. The quantitative estimate of drug-likeness (QED) is 0.561. The lowest BCUT2D eigenvalue weighted by molar-refractivity contribution is -0.384. The molecule has 0 radical (unpaired) electrons. The summed E-state index contributed by atoms with van der Waals surface area (Å²) in [5.74, 6) is -0.192. The Labute approximate surface area is 179 Å². The van der Waals surface area contributed by atoms with Crippen LogP contribution in [0.5, 0.6) is 0 Å². The van der Waals surface area contributed by atoms with E-state index in [0.717, 1.165) is 11.1 Å². The van der Waals surface area contributed by atoms with Crippen molar-refractivity contribution >= 4 is 34.8 Å². The van der Waals surface area contributed by atoms with Gasteiger partial charge in [0.05, 0.1) is 17.9 Å². The molecule has 1 aliphatic heterocycles. The third kappa shape index (κ3) is 5.77. The summed E-state index contributed by atoms with van der Waals surface area (Å²) in [6, 6.07) is 12.1.